The number of aryl methyl sites for hydroxylation is 1. The van der Waals surface area contributed by atoms with Crippen LogP contribution in [0, 0.1) is 18.3 Å². The van der Waals surface area contributed by atoms with Crippen molar-refractivity contribution in [2.45, 2.75) is 6.92 Å². The summed E-state index contributed by atoms with van der Waals surface area (Å²) in [5.74, 6) is -0.172. The first-order valence-electron chi connectivity index (χ1n) is 7.84. The highest BCUT2D eigenvalue weighted by Gasteiger charge is 2.12. The van der Waals surface area contributed by atoms with Crippen LogP contribution in [0.25, 0.3) is 0 Å². The normalized spacial score (nSPS) is 10.1. The Morgan fingerprint density at radius 3 is 2.52 bits per heavy atom. The molecule has 0 aliphatic carbocycles. The van der Waals surface area contributed by atoms with E-state index in [1.165, 1.54) is 0 Å². The van der Waals surface area contributed by atoms with E-state index in [-0.39, 0.29) is 11.6 Å². The molecule has 0 spiro atoms. The van der Waals surface area contributed by atoms with Gasteiger partial charge in [0.1, 0.15) is 5.69 Å². The fourth-order valence-corrected chi connectivity index (χ4v) is 2.61. The van der Waals surface area contributed by atoms with Crippen molar-refractivity contribution in [2.75, 3.05) is 10.6 Å². The zero-order valence-electron chi connectivity index (χ0n) is 14.1. The van der Waals surface area contributed by atoms with Crippen molar-refractivity contribution in [3.05, 3.63) is 75.5 Å². The Kier molecular flexibility index (Phi) is 5.55. The van der Waals surface area contributed by atoms with Gasteiger partial charge in [-0.05, 0) is 55.5 Å². The minimum absolute atomic E-state index is 0.188. The number of nitrogens with one attached hydrogen (secondary N) is 2. The number of hydrogen-bond donors (Lipinski definition) is 2. The van der Waals surface area contributed by atoms with Crippen LogP contribution in [0.5, 0.6) is 0 Å². The first kappa shape index (κ1) is 18.6. The van der Waals surface area contributed by atoms with Crippen LogP contribution in [0.15, 0.2) is 48.5 Å². The van der Waals surface area contributed by atoms with Crippen molar-refractivity contribution in [1.29, 1.82) is 5.26 Å². The van der Waals surface area contributed by atoms with Gasteiger partial charge in [-0.1, -0.05) is 23.2 Å². The third-order valence-electron chi connectivity index (χ3n) is 3.53. The molecule has 0 saturated heterocycles. The van der Waals surface area contributed by atoms with Gasteiger partial charge >= 0.3 is 0 Å². The van der Waals surface area contributed by atoms with E-state index in [1.54, 1.807) is 55.5 Å². The Bertz CT molecular complexity index is 1040. The second kappa shape index (κ2) is 8.04. The molecule has 134 valence electrons. The third kappa shape index (κ3) is 4.73. The molecule has 1 heterocycles. The molecular formula is C19H13Cl2N5O. The molecule has 27 heavy (non-hydrogen) atoms. The van der Waals surface area contributed by atoms with E-state index in [0.717, 1.165) is 0 Å². The summed E-state index contributed by atoms with van der Waals surface area (Å²) in [5, 5.41) is 15.5. The summed E-state index contributed by atoms with van der Waals surface area (Å²) in [5.41, 5.74) is 2.40. The molecule has 0 radical (unpaired) electrons. The molecule has 3 rings (SSSR count). The van der Waals surface area contributed by atoms with Gasteiger partial charge in [0.25, 0.3) is 5.91 Å². The van der Waals surface area contributed by atoms with Gasteiger partial charge in [0.15, 0.2) is 0 Å². The van der Waals surface area contributed by atoms with Crippen molar-refractivity contribution < 1.29 is 4.79 Å². The average Bonchev–Trinajstić information content (AvgIpc) is 2.65. The van der Waals surface area contributed by atoms with Gasteiger partial charge in [-0.25, -0.2) is 9.97 Å². The predicted octanol–water partition coefficient (Wildman–Crippen LogP) is 4.96. The maximum atomic E-state index is 12.5. The summed E-state index contributed by atoms with van der Waals surface area (Å²) < 4.78 is 0. The molecule has 0 aliphatic heterocycles. The number of carbonyl (C=O) groups excluding carboxylic acids is 1. The second-order valence-corrected chi connectivity index (χ2v) is 6.45. The van der Waals surface area contributed by atoms with Crippen LogP contribution in [0.3, 0.4) is 0 Å². The summed E-state index contributed by atoms with van der Waals surface area (Å²) in [4.78, 5) is 21.0. The summed E-state index contributed by atoms with van der Waals surface area (Å²) >= 11 is 12.1. The second-order valence-electron chi connectivity index (χ2n) is 5.61. The number of nitriles is 1. The van der Waals surface area contributed by atoms with Crippen LogP contribution in [-0.2, 0) is 0 Å². The van der Waals surface area contributed by atoms with E-state index in [4.69, 9.17) is 28.5 Å². The molecule has 2 aromatic carbocycles. The quantitative estimate of drug-likeness (QED) is 0.648. The monoisotopic (exact) mass is 397 g/mol. The molecular weight excluding hydrogens is 385 g/mol. The maximum Gasteiger partial charge on any atom is 0.274 e. The van der Waals surface area contributed by atoms with Crippen LogP contribution in [0.4, 0.5) is 17.3 Å². The van der Waals surface area contributed by atoms with Crippen LogP contribution >= 0.6 is 23.2 Å². The third-order valence-corrected chi connectivity index (χ3v) is 4.10. The first-order chi connectivity index (χ1) is 12.9. The van der Waals surface area contributed by atoms with E-state index >= 15 is 0 Å². The van der Waals surface area contributed by atoms with Gasteiger partial charge in [-0.15, -0.1) is 0 Å². The zero-order chi connectivity index (χ0) is 19.4. The number of hydrogen-bond acceptors (Lipinski definition) is 5. The molecule has 0 aliphatic rings. The minimum Gasteiger partial charge on any atom is -0.323 e. The Hall–Kier alpha value is -3.14. The van der Waals surface area contributed by atoms with Gasteiger partial charge in [-0.3, -0.25) is 4.79 Å². The lowest BCUT2D eigenvalue weighted by Gasteiger charge is -2.10. The summed E-state index contributed by atoms with van der Waals surface area (Å²) in [7, 11) is 0. The summed E-state index contributed by atoms with van der Waals surface area (Å²) in [6, 6.07) is 15.1. The van der Waals surface area contributed by atoms with Gasteiger partial charge in [-0.2, -0.15) is 5.26 Å². The predicted molar refractivity (Wildman–Crippen MR) is 106 cm³/mol. The van der Waals surface area contributed by atoms with E-state index in [9.17, 15) is 4.79 Å². The molecule has 8 heteroatoms. The number of rotatable bonds is 4. The van der Waals surface area contributed by atoms with E-state index in [1.807, 2.05) is 6.07 Å². The standard InChI is InChI=1S/C19H13Cl2N5O/c1-11-8-17(18(27)24-14-5-2-12(10-22)3-6-14)26-19(23-11)25-16-9-13(20)4-7-15(16)21/h2-9H,1H3,(H,24,27)(H,23,25,26). The van der Waals surface area contributed by atoms with E-state index in [2.05, 4.69) is 20.6 Å². The Labute approximate surface area is 165 Å². The molecule has 0 fully saturated rings. The molecule has 0 atom stereocenters. The van der Waals surface area contributed by atoms with Crippen molar-refractivity contribution in [3.8, 4) is 6.07 Å². The number of benzene rings is 2. The van der Waals surface area contributed by atoms with E-state index < -0.39 is 5.91 Å². The molecule has 3 aromatic rings. The lowest BCUT2D eigenvalue weighted by atomic mass is 10.2. The van der Waals surface area contributed by atoms with Gasteiger partial charge in [0.2, 0.25) is 5.95 Å². The number of amides is 1. The number of anilines is 3. The number of halogens is 2. The van der Waals surface area contributed by atoms with Crippen molar-refractivity contribution >= 4 is 46.4 Å². The molecule has 1 aromatic heterocycles. The van der Waals surface area contributed by atoms with Gasteiger partial charge < -0.3 is 10.6 Å². The number of aromatic nitrogens is 2. The molecule has 6 nitrogen and oxygen atoms in total. The zero-order valence-corrected chi connectivity index (χ0v) is 15.6. The molecule has 0 unspecified atom stereocenters. The summed E-state index contributed by atoms with van der Waals surface area (Å²) in [6.07, 6.45) is 0. The lowest BCUT2D eigenvalue weighted by molar-refractivity contribution is 0.102. The van der Waals surface area contributed by atoms with Gasteiger partial charge in [0.05, 0.1) is 22.3 Å². The fourth-order valence-electron chi connectivity index (χ4n) is 2.28. The van der Waals surface area contributed by atoms with Crippen molar-refractivity contribution in [3.63, 3.8) is 0 Å². The molecule has 1 amide bonds. The van der Waals surface area contributed by atoms with Crippen LogP contribution < -0.4 is 10.6 Å². The van der Waals surface area contributed by atoms with Gasteiger partial charge in [0, 0.05) is 16.4 Å². The highest BCUT2D eigenvalue weighted by molar-refractivity contribution is 6.35. The Morgan fingerprint density at radius 1 is 1.07 bits per heavy atom. The molecule has 2 N–H and O–H groups in total. The number of nitrogens with zero attached hydrogens (tertiary/aromatic N) is 3. The average molecular weight is 398 g/mol. The maximum absolute atomic E-state index is 12.5. The topological polar surface area (TPSA) is 90.7 Å². The molecule has 0 bridgehead atoms. The van der Waals surface area contributed by atoms with Crippen LogP contribution in [0.1, 0.15) is 21.7 Å². The number of carbonyl (C=O) groups is 1. The Morgan fingerprint density at radius 2 is 1.81 bits per heavy atom. The smallest absolute Gasteiger partial charge is 0.274 e. The minimum atomic E-state index is -0.398. The van der Waals surface area contributed by atoms with E-state index in [0.29, 0.717) is 32.7 Å². The van der Waals surface area contributed by atoms with Crippen molar-refractivity contribution in [1.82, 2.24) is 9.97 Å². The fraction of sp³-hybridized carbons (Fsp3) is 0.0526. The highest BCUT2D eigenvalue weighted by Crippen LogP contribution is 2.27. The Balaban J connectivity index is 1.82. The lowest BCUT2D eigenvalue weighted by Crippen LogP contribution is -2.15. The van der Waals surface area contributed by atoms with Crippen LogP contribution in [-0.4, -0.2) is 15.9 Å². The van der Waals surface area contributed by atoms with Crippen molar-refractivity contribution in [2.24, 2.45) is 0 Å². The summed E-state index contributed by atoms with van der Waals surface area (Å²) in [6.45, 7) is 1.75. The SMILES string of the molecule is Cc1cc(C(=O)Nc2ccc(C#N)cc2)nc(Nc2cc(Cl)ccc2Cl)n1. The van der Waals surface area contributed by atoms with Crippen LogP contribution in [0.2, 0.25) is 10.0 Å². The first-order valence-corrected chi connectivity index (χ1v) is 8.59. The highest BCUT2D eigenvalue weighted by atomic mass is 35.5. The largest absolute Gasteiger partial charge is 0.323 e. The molecule has 0 saturated carbocycles.